The van der Waals surface area contributed by atoms with E-state index in [1.165, 1.54) is 82.4 Å². The SMILES string of the molecule is Cc1cc(-c2cc(C3=CCCC=C3)ccc2C2=CCC=CC=C2)ccc1N(c1ccc(-c2cccc3ccccc23)cc1)c1ccc2c(ccc3ccccc32)c1. The molecule has 8 aromatic carbocycles. The fourth-order valence-corrected chi connectivity index (χ4v) is 8.73. The van der Waals surface area contributed by atoms with E-state index < -0.39 is 0 Å². The molecule has 1 nitrogen and oxygen atoms in total. The molecule has 0 N–H and O–H groups in total. The van der Waals surface area contributed by atoms with Gasteiger partial charge in [0.25, 0.3) is 0 Å². The van der Waals surface area contributed by atoms with E-state index in [0.29, 0.717) is 0 Å². The zero-order valence-corrected chi connectivity index (χ0v) is 32.2. The van der Waals surface area contributed by atoms with Crippen molar-refractivity contribution in [3.05, 3.63) is 223 Å². The van der Waals surface area contributed by atoms with Crippen molar-refractivity contribution in [3.8, 4) is 22.3 Å². The molecule has 2 aliphatic carbocycles. The lowest BCUT2D eigenvalue weighted by Crippen LogP contribution is -2.11. The van der Waals surface area contributed by atoms with Gasteiger partial charge >= 0.3 is 0 Å². The predicted octanol–water partition coefficient (Wildman–Crippen LogP) is 15.9. The van der Waals surface area contributed by atoms with E-state index in [1.807, 2.05) is 0 Å². The summed E-state index contributed by atoms with van der Waals surface area (Å²) in [7, 11) is 0. The Balaban J connectivity index is 1.11. The molecule has 0 aliphatic heterocycles. The molecule has 272 valence electrons. The molecule has 10 rings (SSSR count). The predicted molar refractivity (Wildman–Crippen MR) is 246 cm³/mol. The molecule has 0 heterocycles. The number of fused-ring (bicyclic) bond motifs is 4. The molecule has 0 atom stereocenters. The number of hydrogen-bond donors (Lipinski definition) is 0. The van der Waals surface area contributed by atoms with Crippen LogP contribution in [0.2, 0.25) is 0 Å². The molecule has 0 radical (unpaired) electrons. The number of hydrogen-bond acceptors (Lipinski definition) is 1. The molecule has 0 aromatic heterocycles. The highest BCUT2D eigenvalue weighted by molar-refractivity contribution is 6.08. The molecular formula is C56H43N. The molecule has 57 heavy (non-hydrogen) atoms. The summed E-state index contributed by atoms with van der Waals surface area (Å²) in [5.41, 5.74) is 14.6. The molecular weight excluding hydrogens is 687 g/mol. The first-order chi connectivity index (χ1) is 28.2. The highest BCUT2D eigenvalue weighted by Crippen LogP contribution is 2.42. The van der Waals surface area contributed by atoms with E-state index in [-0.39, 0.29) is 0 Å². The van der Waals surface area contributed by atoms with E-state index in [0.717, 1.165) is 36.3 Å². The van der Waals surface area contributed by atoms with Crippen molar-refractivity contribution in [3.63, 3.8) is 0 Å². The molecule has 0 fully saturated rings. The Kier molecular flexibility index (Phi) is 9.05. The van der Waals surface area contributed by atoms with Gasteiger partial charge in [0.15, 0.2) is 0 Å². The number of nitrogens with zero attached hydrogens (tertiary/aromatic N) is 1. The number of aryl methyl sites for hydroxylation is 1. The molecule has 1 heteroatoms. The Hall–Kier alpha value is -6.96. The van der Waals surface area contributed by atoms with Gasteiger partial charge < -0.3 is 4.90 Å². The Morgan fingerprint density at radius 3 is 2.00 bits per heavy atom. The van der Waals surface area contributed by atoms with Crippen LogP contribution in [0, 0.1) is 6.92 Å². The summed E-state index contributed by atoms with van der Waals surface area (Å²) in [6.07, 6.45) is 21.2. The molecule has 0 saturated carbocycles. The summed E-state index contributed by atoms with van der Waals surface area (Å²) >= 11 is 0. The third kappa shape index (κ3) is 6.62. The molecule has 0 bridgehead atoms. The van der Waals surface area contributed by atoms with Crippen LogP contribution in [0.4, 0.5) is 17.1 Å². The summed E-state index contributed by atoms with van der Waals surface area (Å²) < 4.78 is 0. The Morgan fingerprint density at radius 1 is 0.421 bits per heavy atom. The first kappa shape index (κ1) is 34.5. The zero-order valence-electron chi connectivity index (χ0n) is 32.2. The van der Waals surface area contributed by atoms with Crippen LogP contribution >= 0.6 is 0 Å². The average Bonchev–Trinajstić information content (AvgIpc) is 3.57. The maximum atomic E-state index is 2.43. The average molecular weight is 730 g/mol. The van der Waals surface area contributed by atoms with Crippen LogP contribution in [0.15, 0.2) is 206 Å². The standard InChI is InChI=1S/C56H43N/c1-39-36-46(55-38-45(40-14-7-4-8-15-40)28-33-53(55)41-16-5-2-3-6-17-41)29-35-56(39)57(49-32-34-54-47(37-49)25-24-43-19-10-12-22-51(43)54)48-30-26-44(27-31-48)52-23-13-20-42-18-9-11-21-50(42)52/h2-3,5,7,9-38H,4,6,8H2,1H3. The highest BCUT2D eigenvalue weighted by Gasteiger charge is 2.19. The minimum atomic E-state index is 0.922. The molecule has 8 aromatic rings. The van der Waals surface area contributed by atoms with Crippen molar-refractivity contribution >= 4 is 60.5 Å². The topological polar surface area (TPSA) is 3.24 Å². The quantitative estimate of drug-likeness (QED) is 0.148. The minimum Gasteiger partial charge on any atom is -0.310 e. The van der Waals surface area contributed by atoms with Gasteiger partial charge in [-0.15, -0.1) is 0 Å². The van der Waals surface area contributed by atoms with Crippen LogP contribution in [0.1, 0.15) is 36.0 Å². The van der Waals surface area contributed by atoms with E-state index >= 15 is 0 Å². The van der Waals surface area contributed by atoms with Crippen molar-refractivity contribution in [2.45, 2.75) is 26.2 Å². The normalized spacial score (nSPS) is 13.8. The van der Waals surface area contributed by atoms with Crippen molar-refractivity contribution < 1.29 is 0 Å². The van der Waals surface area contributed by atoms with Gasteiger partial charge in [0.05, 0.1) is 0 Å². The summed E-state index contributed by atoms with van der Waals surface area (Å²) in [5, 5.41) is 7.55. The van der Waals surface area contributed by atoms with Crippen molar-refractivity contribution in [1.82, 2.24) is 0 Å². The number of allylic oxidation sites excluding steroid dienone is 10. The largest absolute Gasteiger partial charge is 0.310 e. The van der Waals surface area contributed by atoms with Crippen LogP contribution in [-0.2, 0) is 0 Å². The van der Waals surface area contributed by atoms with Gasteiger partial charge in [-0.3, -0.25) is 0 Å². The van der Waals surface area contributed by atoms with Crippen LogP contribution in [-0.4, -0.2) is 0 Å². The number of benzene rings is 8. The fraction of sp³-hybridized carbons (Fsp3) is 0.0714. The third-order valence-corrected chi connectivity index (χ3v) is 11.6. The van der Waals surface area contributed by atoms with Gasteiger partial charge in [-0.1, -0.05) is 164 Å². The summed E-state index contributed by atoms with van der Waals surface area (Å²) in [6.45, 7) is 2.26. The van der Waals surface area contributed by atoms with Crippen LogP contribution in [0.5, 0.6) is 0 Å². The van der Waals surface area contributed by atoms with Gasteiger partial charge in [-0.2, -0.15) is 0 Å². The smallest absolute Gasteiger partial charge is 0.0491 e. The van der Waals surface area contributed by atoms with E-state index in [1.54, 1.807) is 0 Å². The maximum absolute atomic E-state index is 2.43. The highest BCUT2D eigenvalue weighted by atomic mass is 15.1. The first-order valence-electron chi connectivity index (χ1n) is 20.1. The van der Waals surface area contributed by atoms with Gasteiger partial charge in [0.2, 0.25) is 0 Å². The monoisotopic (exact) mass is 729 g/mol. The van der Waals surface area contributed by atoms with Crippen LogP contribution < -0.4 is 4.90 Å². The summed E-state index contributed by atoms with van der Waals surface area (Å²) in [5.74, 6) is 0. The van der Waals surface area contributed by atoms with Crippen LogP contribution in [0.25, 0.3) is 65.7 Å². The van der Waals surface area contributed by atoms with Gasteiger partial charge in [-0.25, -0.2) is 0 Å². The fourth-order valence-electron chi connectivity index (χ4n) is 8.73. The van der Waals surface area contributed by atoms with E-state index in [4.69, 9.17) is 0 Å². The minimum absolute atomic E-state index is 0.922. The zero-order chi connectivity index (χ0) is 38.1. The summed E-state index contributed by atoms with van der Waals surface area (Å²) in [6, 6.07) is 58.5. The Morgan fingerprint density at radius 2 is 1.16 bits per heavy atom. The van der Waals surface area contributed by atoms with Crippen molar-refractivity contribution in [1.29, 1.82) is 0 Å². The Bertz CT molecular complexity index is 2980. The lowest BCUT2D eigenvalue weighted by atomic mass is 9.88. The molecule has 0 unspecified atom stereocenters. The second-order valence-corrected chi connectivity index (χ2v) is 15.2. The summed E-state index contributed by atoms with van der Waals surface area (Å²) in [4.78, 5) is 2.43. The van der Waals surface area contributed by atoms with Gasteiger partial charge in [0, 0.05) is 17.1 Å². The third-order valence-electron chi connectivity index (χ3n) is 11.6. The van der Waals surface area contributed by atoms with Gasteiger partial charge in [-0.05, 0) is 151 Å². The lowest BCUT2D eigenvalue weighted by Gasteiger charge is -2.28. The molecule has 0 spiro atoms. The van der Waals surface area contributed by atoms with E-state index in [2.05, 4.69) is 218 Å². The second-order valence-electron chi connectivity index (χ2n) is 15.2. The molecule has 0 saturated heterocycles. The van der Waals surface area contributed by atoms with Crippen molar-refractivity contribution in [2.24, 2.45) is 0 Å². The second kappa shape index (κ2) is 14.9. The van der Waals surface area contributed by atoms with Crippen molar-refractivity contribution in [2.75, 3.05) is 4.90 Å². The van der Waals surface area contributed by atoms with Crippen LogP contribution in [0.3, 0.4) is 0 Å². The first-order valence-corrected chi connectivity index (χ1v) is 20.1. The molecule has 0 amide bonds. The number of anilines is 3. The van der Waals surface area contributed by atoms with E-state index in [9.17, 15) is 0 Å². The Labute approximate surface area is 335 Å². The lowest BCUT2D eigenvalue weighted by molar-refractivity contribution is 1.04. The number of rotatable bonds is 7. The maximum Gasteiger partial charge on any atom is 0.0491 e. The molecule has 2 aliphatic rings. The van der Waals surface area contributed by atoms with Gasteiger partial charge in [0.1, 0.15) is 0 Å².